The second kappa shape index (κ2) is 8.40. The smallest absolute Gasteiger partial charge is 0.257 e. The summed E-state index contributed by atoms with van der Waals surface area (Å²) < 4.78 is 5.84. The molecule has 1 aromatic carbocycles. The molecular formula is C19H23N3O3S. The maximum atomic E-state index is 12.8. The van der Waals surface area contributed by atoms with E-state index in [0.717, 1.165) is 24.2 Å². The average molecular weight is 373 g/mol. The molecule has 0 saturated carbocycles. The number of fused-ring (bicyclic) bond motifs is 1. The highest BCUT2D eigenvalue weighted by molar-refractivity contribution is 7.99. The normalized spacial score (nSPS) is 16.1. The van der Waals surface area contributed by atoms with Gasteiger partial charge in [-0.25, -0.2) is 4.98 Å². The number of ether oxygens (including phenoxy) is 1. The van der Waals surface area contributed by atoms with Gasteiger partial charge in [0.1, 0.15) is 11.6 Å². The van der Waals surface area contributed by atoms with Gasteiger partial charge in [0.05, 0.1) is 12.2 Å². The summed E-state index contributed by atoms with van der Waals surface area (Å²) in [5, 5.41) is 3.29. The number of carbonyl (C=O) groups is 1. The Morgan fingerprint density at radius 3 is 2.81 bits per heavy atom. The molecule has 1 aliphatic rings. The fourth-order valence-corrected chi connectivity index (χ4v) is 3.71. The number of hydrogen-bond donors (Lipinski definition) is 2. The van der Waals surface area contributed by atoms with Crippen molar-refractivity contribution in [2.24, 2.45) is 0 Å². The van der Waals surface area contributed by atoms with Crippen molar-refractivity contribution in [1.82, 2.24) is 9.97 Å². The highest BCUT2D eigenvalue weighted by Crippen LogP contribution is 2.38. The number of H-pyrrole nitrogens is 1. The second-order valence-electron chi connectivity index (χ2n) is 6.17. The maximum Gasteiger partial charge on any atom is 0.257 e. The largest absolute Gasteiger partial charge is 0.493 e. The van der Waals surface area contributed by atoms with E-state index in [1.54, 1.807) is 0 Å². The van der Waals surface area contributed by atoms with Crippen molar-refractivity contribution in [2.75, 3.05) is 17.7 Å². The number of aromatic amines is 1. The van der Waals surface area contributed by atoms with Gasteiger partial charge >= 0.3 is 0 Å². The van der Waals surface area contributed by atoms with E-state index in [0.29, 0.717) is 28.9 Å². The summed E-state index contributed by atoms with van der Waals surface area (Å²) in [4.78, 5) is 32.3. The van der Waals surface area contributed by atoms with Crippen molar-refractivity contribution in [1.29, 1.82) is 0 Å². The van der Waals surface area contributed by atoms with Gasteiger partial charge in [-0.1, -0.05) is 43.8 Å². The van der Waals surface area contributed by atoms with Gasteiger partial charge < -0.3 is 15.0 Å². The first-order valence-electron chi connectivity index (χ1n) is 8.92. The Kier molecular flexibility index (Phi) is 5.98. The molecule has 7 heteroatoms. The van der Waals surface area contributed by atoms with E-state index >= 15 is 0 Å². The molecule has 1 atom stereocenters. The van der Waals surface area contributed by atoms with Crippen LogP contribution in [0.2, 0.25) is 0 Å². The molecule has 138 valence electrons. The van der Waals surface area contributed by atoms with Crippen molar-refractivity contribution in [3.63, 3.8) is 0 Å². The van der Waals surface area contributed by atoms with Crippen LogP contribution in [0.1, 0.15) is 50.2 Å². The molecule has 0 aliphatic carbocycles. The molecule has 0 spiro atoms. The molecule has 6 nitrogen and oxygen atoms in total. The molecule has 1 aliphatic heterocycles. The van der Waals surface area contributed by atoms with E-state index in [-0.39, 0.29) is 23.8 Å². The molecule has 0 radical (unpaired) electrons. The number of anilines is 1. The summed E-state index contributed by atoms with van der Waals surface area (Å²) in [5.41, 5.74) is 1.14. The van der Waals surface area contributed by atoms with Crippen LogP contribution in [-0.4, -0.2) is 28.2 Å². The van der Waals surface area contributed by atoms with Gasteiger partial charge in [0.15, 0.2) is 5.16 Å². The zero-order valence-electron chi connectivity index (χ0n) is 15.0. The molecule has 2 heterocycles. The van der Waals surface area contributed by atoms with Gasteiger partial charge in [-0.15, -0.1) is 0 Å². The second-order valence-corrected chi connectivity index (χ2v) is 7.26. The quantitative estimate of drug-likeness (QED) is 0.573. The summed E-state index contributed by atoms with van der Waals surface area (Å²) in [6.45, 7) is 4.69. The molecule has 26 heavy (non-hydrogen) atoms. The predicted molar refractivity (Wildman–Crippen MR) is 103 cm³/mol. The van der Waals surface area contributed by atoms with Gasteiger partial charge in [0, 0.05) is 23.7 Å². The first kappa shape index (κ1) is 18.5. The van der Waals surface area contributed by atoms with Gasteiger partial charge in [-0.3, -0.25) is 9.59 Å². The van der Waals surface area contributed by atoms with Crippen LogP contribution in [0.5, 0.6) is 5.75 Å². The van der Waals surface area contributed by atoms with E-state index in [4.69, 9.17) is 4.74 Å². The lowest BCUT2D eigenvalue weighted by Gasteiger charge is -2.26. The minimum absolute atomic E-state index is 0.141. The topological polar surface area (TPSA) is 84.1 Å². The molecule has 0 fully saturated rings. The van der Waals surface area contributed by atoms with Gasteiger partial charge in [0.25, 0.3) is 5.56 Å². The third-order valence-electron chi connectivity index (χ3n) is 4.13. The Bertz CT molecular complexity index is 850. The number of amides is 1. The molecular weight excluding hydrogens is 350 g/mol. The monoisotopic (exact) mass is 373 g/mol. The molecule has 0 saturated heterocycles. The van der Waals surface area contributed by atoms with Crippen LogP contribution in [-0.2, 0) is 4.79 Å². The number of carbonyl (C=O) groups excluding carboxylic acids is 1. The third-order valence-corrected chi connectivity index (χ3v) is 5.21. The molecule has 1 amide bonds. The van der Waals surface area contributed by atoms with Crippen LogP contribution in [0.4, 0.5) is 5.82 Å². The number of nitrogens with one attached hydrogen (secondary N) is 2. The zero-order chi connectivity index (χ0) is 18.5. The number of hydrogen-bond acceptors (Lipinski definition) is 5. The third kappa shape index (κ3) is 3.93. The molecule has 3 rings (SSSR count). The van der Waals surface area contributed by atoms with Gasteiger partial charge in [-0.2, -0.15) is 0 Å². The SMILES string of the molecule is CCCOc1ccccc1[C@H]1CC(=O)Nc2nc(SCCC)[nH]c(=O)c21. The summed E-state index contributed by atoms with van der Waals surface area (Å²) >= 11 is 1.48. The molecule has 1 aromatic heterocycles. The lowest BCUT2D eigenvalue weighted by atomic mass is 9.86. The number of nitrogens with zero attached hydrogens (tertiary/aromatic N) is 1. The Morgan fingerprint density at radius 1 is 1.23 bits per heavy atom. The fourth-order valence-electron chi connectivity index (χ4n) is 3.00. The van der Waals surface area contributed by atoms with Crippen molar-refractivity contribution in [3.8, 4) is 5.75 Å². The molecule has 0 unspecified atom stereocenters. The molecule has 2 N–H and O–H groups in total. The van der Waals surface area contributed by atoms with Gasteiger partial charge in [0.2, 0.25) is 5.91 Å². The Balaban J connectivity index is 2.04. The number of thioether (sulfide) groups is 1. The number of rotatable bonds is 7. The number of para-hydroxylation sites is 1. The lowest BCUT2D eigenvalue weighted by molar-refractivity contribution is -0.116. The van der Waals surface area contributed by atoms with E-state index in [1.165, 1.54) is 11.8 Å². The van der Waals surface area contributed by atoms with E-state index in [1.807, 2.05) is 31.2 Å². The van der Waals surface area contributed by atoms with Crippen LogP contribution in [0.25, 0.3) is 0 Å². The first-order chi connectivity index (χ1) is 12.6. The first-order valence-corrected chi connectivity index (χ1v) is 9.91. The Labute approximate surface area is 156 Å². The minimum atomic E-state index is -0.367. The predicted octanol–water partition coefficient (Wildman–Crippen LogP) is 3.53. The van der Waals surface area contributed by atoms with E-state index in [9.17, 15) is 9.59 Å². The van der Waals surface area contributed by atoms with Crippen molar-refractivity contribution in [3.05, 3.63) is 45.7 Å². The zero-order valence-corrected chi connectivity index (χ0v) is 15.8. The molecule has 0 bridgehead atoms. The minimum Gasteiger partial charge on any atom is -0.493 e. The highest BCUT2D eigenvalue weighted by atomic mass is 32.2. The number of benzene rings is 1. The Hall–Kier alpha value is -2.28. The molecule has 2 aromatic rings. The summed E-state index contributed by atoms with van der Waals surface area (Å²) in [6, 6.07) is 7.58. The van der Waals surface area contributed by atoms with Crippen LogP contribution >= 0.6 is 11.8 Å². The van der Waals surface area contributed by atoms with Crippen LogP contribution in [0.15, 0.2) is 34.2 Å². The highest BCUT2D eigenvalue weighted by Gasteiger charge is 2.32. The van der Waals surface area contributed by atoms with Crippen LogP contribution in [0.3, 0.4) is 0 Å². The summed E-state index contributed by atoms with van der Waals surface area (Å²) in [7, 11) is 0. The summed E-state index contributed by atoms with van der Waals surface area (Å²) in [6.07, 6.45) is 2.06. The van der Waals surface area contributed by atoms with Crippen molar-refractivity contribution < 1.29 is 9.53 Å². The van der Waals surface area contributed by atoms with Crippen LogP contribution < -0.4 is 15.6 Å². The fraction of sp³-hybridized carbons (Fsp3) is 0.421. The standard InChI is InChI=1S/C19H23N3O3S/c1-3-9-25-14-8-6-5-7-12(14)13-11-15(23)20-17-16(13)18(24)22-19(21-17)26-10-4-2/h5-8,13H,3-4,9-11H2,1-2H3,(H2,20,21,22,23,24)/t13-/m1/s1. The Morgan fingerprint density at radius 2 is 2.04 bits per heavy atom. The van der Waals surface area contributed by atoms with Crippen molar-refractivity contribution >= 4 is 23.5 Å². The average Bonchev–Trinajstić information content (AvgIpc) is 2.64. The van der Waals surface area contributed by atoms with E-state index < -0.39 is 0 Å². The number of aromatic nitrogens is 2. The lowest BCUT2D eigenvalue weighted by Crippen LogP contribution is -2.31. The van der Waals surface area contributed by atoms with Crippen LogP contribution in [0, 0.1) is 0 Å². The van der Waals surface area contributed by atoms with E-state index in [2.05, 4.69) is 22.2 Å². The summed E-state index contributed by atoms with van der Waals surface area (Å²) in [5.74, 6) is 1.42. The van der Waals surface area contributed by atoms with Crippen molar-refractivity contribution in [2.45, 2.75) is 44.2 Å². The maximum absolute atomic E-state index is 12.8. The van der Waals surface area contributed by atoms with Gasteiger partial charge in [-0.05, 0) is 18.9 Å².